The maximum absolute atomic E-state index is 11.9. The van der Waals surface area contributed by atoms with E-state index in [4.69, 9.17) is 9.15 Å². The van der Waals surface area contributed by atoms with Crippen molar-refractivity contribution in [2.45, 2.75) is 44.9 Å². The van der Waals surface area contributed by atoms with E-state index < -0.39 is 0 Å². The van der Waals surface area contributed by atoms with Gasteiger partial charge in [-0.05, 0) is 25.3 Å². The van der Waals surface area contributed by atoms with Gasteiger partial charge in [0.25, 0.3) is 0 Å². The molecule has 2 aliphatic heterocycles. The van der Waals surface area contributed by atoms with Crippen LogP contribution in [0.15, 0.2) is 23.0 Å². The molecule has 1 unspecified atom stereocenters. The predicted octanol–water partition coefficient (Wildman–Crippen LogP) is 2.47. The third-order valence-electron chi connectivity index (χ3n) is 4.34. The van der Waals surface area contributed by atoms with Crippen molar-refractivity contribution in [1.82, 2.24) is 9.80 Å². The van der Waals surface area contributed by atoms with Gasteiger partial charge in [0.05, 0.1) is 19.1 Å². The number of carbonyl (C=O) groups is 1. The van der Waals surface area contributed by atoms with E-state index in [0.717, 1.165) is 45.4 Å². The van der Waals surface area contributed by atoms with Gasteiger partial charge in [0.1, 0.15) is 6.10 Å². The summed E-state index contributed by atoms with van der Waals surface area (Å²) in [6.45, 7) is 5.81. The molecule has 1 amide bonds. The van der Waals surface area contributed by atoms with Crippen LogP contribution in [0.3, 0.4) is 0 Å². The second-order valence-corrected chi connectivity index (χ2v) is 5.71. The number of piperidine rings is 1. The van der Waals surface area contributed by atoms with Gasteiger partial charge in [0, 0.05) is 31.2 Å². The minimum atomic E-state index is -0.120. The standard InChI is InChI=1S/C15H22N2O3/c1-2-14-10-17(15(18)20-14)13-3-6-16(7-4-13)9-12-5-8-19-11-12/h5,8,11,13-14H,2-4,6-7,9-10H2,1H3. The lowest BCUT2D eigenvalue weighted by Gasteiger charge is -2.35. The Balaban J connectivity index is 1.50. The molecular weight excluding hydrogens is 256 g/mol. The van der Waals surface area contributed by atoms with Crippen molar-refractivity contribution in [2.24, 2.45) is 0 Å². The highest BCUT2D eigenvalue weighted by Crippen LogP contribution is 2.24. The Morgan fingerprint density at radius 2 is 2.15 bits per heavy atom. The lowest BCUT2D eigenvalue weighted by atomic mass is 10.0. The van der Waals surface area contributed by atoms with E-state index in [-0.39, 0.29) is 12.2 Å². The third kappa shape index (κ3) is 2.82. The van der Waals surface area contributed by atoms with Crippen LogP contribution < -0.4 is 0 Å². The summed E-state index contributed by atoms with van der Waals surface area (Å²) >= 11 is 0. The molecule has 1 atom stereocenters. The molecule has 0 aliphatic carbocycles. The predicted molar refractivity (Wildman–Crippen MR) is 74.3 cm³/mol. The van der Waals surface area contributed by atoms with Crippen LogP contribution >= 0.6 is 0 Å². The highest BCUT2D eigenvalue weighted by molar-refractivity contribution is 5.70. The summed E-state index contributed by atoms with van der Waals surface area (Å²) in [5.41, 5.74) is 1.22. The van der Waals surface area contributed by atoms with Crippen molar-refractivity contribution in [2.75, 3.05) is 19.6 Å². The quantitative estimate of drug-likeness (QED) is 0.849. The lowest BCUT2D eigenvalue weighted by molar-refractivity contribution is 0.109. The van der Waals surface area contributed by atoms with Crippen LogP contribution in [0, 0.1) is 0 Å². The molecule has 5 heteroatoms. The van der Waals surface area contributed by atoms with Gasteiger partial charge in [0.15, 0.2) is 0 Å². The highest BCUT2D eigenvalue weighted by atomic mass is 16.6. The Kier molecular flexibility index (Phi) is 3.96. The number of likely N-dealkylation sites (tertiary alicyclic amines) is 1. The first kappa shape index (κ1) is 13.5. The Morgan fingerprint density at radius 3 is 2.75 bits per heavy atom. The van der Waals surface area contributed by atoms with Gasteiger partial charge in [-0.3, -0.25) is 4.90 Å². The number of rotatable bonds is 4. The van der Waals surface area contributed by atoms with Crippen molar-refractivity contribution in [3.63, 3.8) is 0 Å². The lowest BCUT2D eigenvalue weighted by Crippen LogP contribution is -2.45. The van der Waals surface area contributed by atoms with Gasteiger partial charge in [-0.1, -0.05) is 6.92 Å². The van der Waals surface area contributed by atoms with Crippen molar-refractivity contribution in [1.29, 1.82) is 0 Å². The second-order valence-electron chi connectivity index (χ2n) is 5.71. The van der Waals surface area contributed by atoms with Crippen molar-refractivity contribution in [3.05, 3.63) is 24.2 Å². The summed E-state index contributed by atoms with van der Waals surface area (Å²) in [6, 6.07) is 2.36. The smallest absolute Gasteiger partial charge is 0.410 e. The van der Waals surface area contributed by atoms with Gasteiger partial charge in [-0.2, -0.15) is 0 Å². The zero-order valence-electron chi connectivity index (χ0n) is 12.0. The van der Waals surface area contributed by atoms with E-state index in [0.29, 0.717) is 6.04 Å². The van der Waals surface area contributed by atoms with Gasteiger partial charge in [0.2, 0.25) is 0 Å². The molecule has 0 radical (unpaired) electrons. The molecule has 5 nitrogen and oxygen atoms in total. The van der Waals surface area contributed by atoms with E-state index in [1.807, 2.05) is 11.0 Å². The highest BCUT2D eigenvalue weighted by Gasteiger charge is 2.36. The van der Waals surface area contributed by atoms with E-state index in [9.17, 15) is 4.79 Å². The fourth-order valence-electron chi connectivity index (χ4n) is 3.08. The molecule has 0 saturated carbocycles. The van der Waals surface area contributed by atoms with Crippen LogP contribution in [0.1, 0.15) is 31.7 Å². The Morgan fingerprint density at radius 1 is 1.35 bits per heavy atom. The van der Waals surface area contributed by atoms with Crippen LogP contribution in [0.25, 0.3) is 0 Å². The topological polar surface area (TPSA) is 45.9 Å². The third-order valence-corrected chi connectivity index (χ3v) is 4.34. The molecule has 110 valence electrons. The van der Waals surface area contributed by atoms with Gasteiger partial charge >= 0.3 is 6.09 Å². The van der Waals surface area contributed by atoms with Gasteiger partial charge in [-0.25, -0.2) is 4.79 Å². The van der Waals surface area contributed by atoms with Crippen molar-refractivity contribution < 1.29 is 13.9 Å². The van der Waals surface area contributed by atoms with E-state index in [1.54, 1.807) is 12.5 Å². The zero-order chi connectivity index (χ0) is 13.9. The van der Waals surface area contributed by atoms with Gasteiger partial charge < -0.3 is 14.1 Å². The fourth-order valence-corrected chi connectivity index (χ4v) is 3.08. The minimum absolute atomic E-state index is 0.0893. The molecular formula is C15H22N2O3. The summed E-state index contributed by atoms with van der Waals surface area (Å²) in [4.78, 5) is 16.2. The largest absolute Gasteiger partial charge is 0.472 e. The molecule has 2 saturated heterocycles. The molecule has 2 aliphatic rings. The van der Waals surface area contributed by atoms with E-state index in [1.165, 1.54) is 5.56 Å². The summed E-state index contributed by atoms with van der Waals surface area (Å²) in [5.74, 6) is 0. The van der Waals surface area contributed by atoms with Crippen LogP contribution in [0.2, 0.25) is 0 Å². The second kappa shape index (κ2) is 5.87. The summed E-state index contributed by atoms with van der Waals surface area (Å²) in [7, 11) is 0. The number of amides is 1. The molecule has 0 aromatic carbocycles. The Bertz CT molecular complexity index is 438. The fraction of sp³-hybridized carbons (Fsp3) is 0.667. The molecule has 1 aromatic heterocycles. The number of nitrogens with zero attached hydrogens (tertiary/aromatic N) is 2. The monoisotopic (exact) mass is 278 g/mol. The first-order valence-electron chi connectivity index (χ1n) is 7.47. The van der Waals surface area contributed by atoms with Crippen LogP contribution in [-0.2, 0) is 11.3 Å². The minimum Gasteiger partial charge on any atom is -0.472 e. The summed E-state index contributed by atoms with van der Waals surface area (Å²) < 4.78 is 10.4. The first-order chi connectivity index (χ1) is 9.76. The molecule has 3 heterocycles. The maximum atomic E-state index is 11.9. The number of cyclic esters (lactones) is 1. The SMILES string of the molecule is CCC1CN(C2CCN(Cc3ccoc3)CC2)C(=O)O1. The number of hydrogen-bond acceptors (Lipinski definition) is 4. The number of furan rings is 1. The molecule has 1 aromatic rings. The van der Waals surface area contributed by atoms with Gasteiger partial charge in [-0.15, -0.1) is 0 Å². The molecule has 2 fully saturated rings. The molecule has 20 heavy (non-hydrogen) atoms. The molecule has 0 spiro atoms. The molecule has 0 N–H and O–H groups in total. The van der Waals surface area contributed by atoms with E-state index >= 15 is 0 Å². The number of carbonyl (C=O) groups excluding carboxylic acids is 1. The average molecular weight is 278 g/mol. The van der Waals surface area contributed by atoms with Crippen LogP contribution in [-0.4, -0.2) is 47.7 Å². The Labute approximate surface area is 119 Å². The van der Waals surface area contributed by atoms with E-state index in [2.05, 4.69) is 11.8 Å². The normalized spacial score (nSPS) is 25.1. The number of hydrogen-bond donors (Lipinski definition) is 0. The Hall–Kier alpha value is -1.49. The van der Waals surface area contributed by atoms with Crippen LogP contribution in [0.5, 0.6) is 0 Å². The molecule has 0 bridgehead atoms. The average Bonchev–Trinajstić information content (AvgIpc) is 3.09. The zero-order valence-corrected chi connectivity index (χ0v) is 12.0. The summed E-state index contributed by atoms with van der Waals surface area (Å²) in [5, 5.41) is 0. The van der Waals surface area contributed by atoms with Crippen molar-refractivity contribution in [3.8, 4) is 0 Å². The summed E-state index contributed by atoms with van der Waals surface area (Å²) in [6.07, 6.45) is 6.45. The first-order valence-corrected chi connectivity index (χ1v) is 7.47. The maximum Gasteiger partial charge on any atom is 0.410 e. The van der Waals surface area contributed by atoms with Crippen molar-refractivity contribution >= 4 is 6.09 Å². The number of ether oxygens (including phenoxy) is 1. The van der Waals surface area contributed by atoms with Crippen LogP contribution in [0.4, 0.5) is 4.79 Å². The molecule has 3 rings (SSSR count).